The van der Waals surface area contributed by atoms with Crippen LogP contribution in [0.25, 0.3) is 10.8 Å². The lowest BCUT2D eigenvalue weighted by molar-refractivity contribution is -0.116. The van der Waals surface area contributed by atoms with Crippen molar-refractivity contribution in [3.05, 3.63) is 69.7 Å². The summed E-state index contributed by atoms with van der Waals surface area (Å²) in [5.74, 6) is -1.12. The van der Waals surface area contributed by atoms with Crippen LogP contribution in [0.3, 0.4) is 0 Å². The topological polar surface area (TPSA) is 95.9 Å². The highest BCUT2D eigenvalue weighted by atomic mass is 35.5. The van der Waals surface area contributed by atoms with Gasteiger partial charge in [0, 0.05) is 16.1 Å². The Hall–Kier alpha value is -2.80. The fourth-order valence-electron chi connectivity index (χ4n) is 2.80. The number of anilines is 1. The number of aromatic carboxylic acids is 1. The molecule has 29 heavy (non-hydrogen) atoms. The molecule has 0 aliphatic heterocycles. The lowest BCUT2D eigenvalue weighted by atomic mass is 10.1. The largest absolute Gasteiger partial charge is 0.492 e. The van der Waals surface area contributed by atoms with Crippen LogP contribution < -0.4 is 10.1 Å². The molecule has 0 unspecified atom stereocenters. The number of fused-ring (bicyclic) bond motifs is 1. The number of carboxylic acid groups (broad SMARTS) is 1. The van der Waals surface area contributed by atoms with Crippen molar-refractivity contribution in [2.45, 2.75) is 13.0 Å². The molecule has 3 aromatic carbocycles. The summed E-state index contributed by atoms with van der Waals surface area (Å²) in [5.41, 5.74) is 1.37. The molecule has 0 heterocycles. The monoisotopic (exact) mass is 433 g/mol. The van der Waals surface area contributed by atoms with Gasteiger partial charge in [-0.3, -0.25) is 4.79 Å². The molecule has 0 atom stereocenters. The van der Waals surface area contributed by atoms with Crippen molar-refractivity contribution in [2.75, 3.05) is 11.9 Å². The Labute approximate surface area is 176 Å². The number of carboxylic acids is 1. The second kappa shape index (κ2) is 9.13. The maximum Gasteiger partial charge on any atom is 0.335 e. The maximum atomic E-state index is 12.1. The molecule has 0 saturated carbocycles. The molecule has 0 spiro atoms. The van der Waals surface area contributed by atoms with E-state index in [0.29, 0.717) is 26.5 Å². The molecule has 0 aliphatic carbocycles. The van der Waals surface area contributed by atoms with Crippen LogP contribution in [0.4, 0.5) is 5.69 Å². The van der Waals surface area contributed by atoms with Crippen LogP contribution in [-0.2, 0) is 11.4 Å². The SMILES string of the molecule is O=C(CCOc1cc(C(=O)O)cc2cc(Cl)cc(Cl)c12)Nc1ccc(CO)cc1. The van der Waals surface area contributed by atoms with E-state index in [2.05, 4.69) is 5.32 Å². The first kappa shape index (κ1) is 20.9. The van der Waals surface area contributed by atoms with Crippen LogP contribution in [0.15, 0.2) is 48.5 Å². The highest BCUT2D eigenvalue weighted by Crippen LogP contribution is 2.36. The highest BCUT2D eigenvalue weighted by molar-refractivity contribution is 6.39. The summed E-state index contributed by atoms with van der Waals surface area (Å²) in [6.07, 6.45) is 0.0474. The van der Waals surface area contributed by atoms with Gasteiger partial charge in [-0.05, 0) is 47.3 Å². The smallest absolute Gasteiger partial charge is 0.335 e. The molecule has 0 aliphatic rings. The summed E-state index contributed by atoms with van der Waals surface area (Å²) in [6, 6.07) is 12.8. The molecule has 150 valence electrons. The van der Waals surface area contributed by atoms with E-state index in [9.17, 15) is 14.7 Å². The third kappa shape index (κ3) is 5.17. The number of hydrogen-bond donors (Lipinski definition) is 3. The fourth-order valence-corrected chi connectivity index (χ4v) is 3.40. The zero-order valence-electron chi connectivity index (χ0n) is 15.1. The molecule has 8 heteroatoms. The third-order valence-corrected chi connectivity index (χ3v) is 4.70. The van der Waals surface area contributed by atoms with Gasteiger partial charge in [-0.15, -0.1) is 0 Å². The maximum absolute atomic E-state index is 12.1. The van der Waals surface area contributed by atoms with E-state index in [1.54, 1.807) is 36.4 Å². The van der Waals surface area contributed by atoms with Crippen LogP contribution in [0.1, 0.15) is 22.3 Å². The Bertz CT molecular complexity index is 1070. The van der Waals surface area contributed by atoms with Crippen molar-refractivity contribution in [3.63, 3.8) is 0 Å². The van der Waals surface area contributed by atoms with Gasteiger partial charge in [0.2, 0.25) is 5.91 Å². The Morgan fingerprint density at radius 1 is 1.03 bits per heavy atom. The van der Waals surface area contributed by atoms with Crippen molar-refractivity contribution < 1.29 is 24.5 Å². The van der Waals surface area contributed by atoms with Gasteiger partial charge in [0.25, 0.3) is 0 Å². The van der Waals surface area contributed by atoms with Crippen molar-refractivity contribution in [3.8, 4) is 5.75 Å². The molecule has 3 N–H and O–H groups in total. The van der Waals surface area contributed by atoms with E-state index in [1.165, 1.54) is 12.1 Å². The third-order valence-electron chi connectivity index (χ3n) is 4.18. The Morgan fingerprint density at radius 3 is 2.41 bits per heavy atom. The lowest BCUT2D eigenvalue weighted by Gasteiger charge is -2.13. The van der Waals surface area contributed by atoms with Crippen molar-refractivity contribution in [1.29, 1.82) is 0 Å². The van der Waals surface area contributed by atoms with Gasteiger partial charge in [0.05, 0.1) is 30.2 Å². The standard InChI is InChI=1S/C21H17Cl2NO5/c22-15-8-13-7-14(21(27)28)9-18(20(13)17(23)10-15)29-6-5-19(26)24-16-3-1-12(11-25)2-4-16/h1-4,7-10,25H,5-6,11H2,(H,24,26)(H,27,28). The number of nitrogens with one attached hydrogen (secondary N) is 1. The van der Waals surface area contributed by atoms with Crippen LogP contribution >= 0.6 is 23.2 Å². The fraction of sp³-hybridized carbons (Fsp3) is 0.143. The number of ether oxygens (including phenoxy) is 1. The Balaban J connectivity index is 1.72. The average Bonchev–Trinajstić information content (AvgIpc) is 2.67. The predicted molar refractivity (Wildman–Crippen MR) is 112 cm³/mol. The summed E-state index contributed by atoms with van der Waals surface area (Å²) >= 11 is 12.3. The van der Waals surface area contributed by atoms with Gasteiger partial charge in [-0.2, -0.15) is 0 Å². The minimum Gasteiger partial charge on any atom is -0.492 e. The van der Waals surface area contributed by atoms with Gasteiger partial charge >= 0.3 is 5.97 Å². The van der Waals surface area contributed by atoms with E-state index in [4.69, 9.17) is 33.0 Å². The molecule has 0 radical (unpaired) electrons. The first-order chi connectivity index (χ1) is 13.9. The summed E-state index contributed by atoms with van der Waals surface area (Å²) < 4.78 is 5.69. The van der Waals surface area contributed by atoms with Crippen molar-refractivity contribution in [2.24, 2.45) is 0 Å². The molecule has 3 rings (SSSR count). The molecule has 6 nitrogen and oxygen atoms in total. The van der Waals surface area contributed by atoms with Crippen molar-refractivity contribution >= 4 is 51.5 Å². The molecular formula is C21H17Cl2NO5. The molecule has 0 saturated heterocycles. The molecule has 0 fully saturated rings. The second-order valence-electron chi connectivity index (χ2n) is 6.27. The van der Waals surface area contributed by atoms with Gasteiger partial charge in [0.1, 0.15) is 5.75 Å². The van der Waals surface area contributed by atoms with Crippen molar-refractivity contribution in [1.82, 2.24) is 0 Å². The van der Waals surface area contributed by atoms with Crippen LogP contribution in [0, 0.1) is 0 Å². The van der Waals surface area contributed by atoms with Crippen LogP contribution in [-0.4, -0.2) is 28.7 Å². The minimum atomic E-state index is -1.11. The Kier molecular flexibility index (Phi) is 6.59. The number of benzene rings is 3. The molecule has 0 aromatic heterocycles. The van der Waals surface area contributed by atoms with Gasteiger partial charge in [0.15, 0.2) is 0 Å². The van der Waals surface area contributed by atoms with E-state index in [-0.39, 0.29) is 36.9 Å². The zero-order chi connectivity index (χ0) is 21.0. The number of halogens is 2. The summed E-state index contributed by atoms with van der Waals surface area (Å²) in [5, 5.41) is 22.9. The quantitative estimate of drug-likeness (QED) is 0.499. The van der Waals surface area contributed by atoms with Gasteiger partial charge in [-0.1, -0.05) is 35.3 Å². The number of carbonyl (C=O) groups is 2. The molecule has 0 bridgehead atoms. The van der Waals surface area contributed by atoms with Gasteiger partial charge in [-0.25, -0.2) is 4.79 Å². The molecule has 1 amide bonds. The van der Waals surface area contributed by atoms with Crippen LogP contribution in [0.5, 0.6) is 5.75 Å². The molecule has 3 aromatic rings. The van der Waals surface area contributed by atoms with E-state index >= 15 is 0 Å². The minimum absolute atomic E-state index is 0.0255. The number of hydrogen-bond acceptors (Lipinski definition) is 4. The molecular weight excluding hydrogens is 417 g/mol. The van der Waals surface area contributed by atoms with E-state index in [0.717, 1.165) is 5.56 Å². The van der Waals surface area contributed by atoms with E-state index in [1.807, 2.05) is 0 Å². The van der Waals surface area contributed by atoms with Crippen LogP contribution in [0.2, 0.25) is 10.0 Å². The number of amides is 1. The normalized spacial score (nSPS) is 10.7. The lowest BCUT2D eigenvalue weighted by Crippen LogP contribution is -2.15. The number of carbonyl (C=O) groups excluding carboxylic acids is 1. The number of rotatable bonds is 7. The van der Waals surface area contributed by atoms with Gasteiger partial charge < -0.3 is 20.3 Å². The predicted octanol–water partition coefficient (Wildman–Crippen LogP) is 4.74. The number of aliphatic hydroxyl groups excluding tert-OH is 1. The summed E-state index contributed by atoms with van der Waals surface area (Å²) in [4.78, 5) is 23.5. The average molecular weight is 434 g/mol. The summed E-state index contributed by atoms with van der Waals surface area (Å²) in [7, 11) is 0. The second-order valence-corrected chi connectivity index (χ2v) is 7.11. The first-order valence-electron chi connectivity index (χ1n) is 8.66. The first-order valence-corrected chi connectivity index (χ1v) is 9.41. The highest BCUT2D eigenvalue weighted by Gasteiger charge is 2.14. The Morgan fingerprint density at radius 2 is 1.76 bits per heavy atom. The number of aliphatic hydroxyl groups is 1. The zero-order valence-corrected chi connectivity index (χ0v) is 16.6. The van der Waals surface area contributed by atoms with E-state index < -0.39 is 5.97 Å². The summed E-state index contributed by atoms with van der Waals surface area (Å²) in [6.45, 7) is -0.0448.